The Hall–Kier alpha value is -3.19. The number of imidazole rings is 1. The minimum absolute atomic E-state index is 0.107. The molecular weight excluding hydrogens is 402 g/mol. The number of anilines is 2. The predicted octanol–water partition coefficient (Wildman–Crippen LogP) is 2.66. The molecule has 0 radical (unpaired) electrons. The van der Waals surface area contributed by atoms with Gasteiger partial charge in [-0.15, -0.1) is 0 Å². The molecule has 9 nitrogen and oxygen atoms in total. The molecule has 3 N–H and O–H groups in total. The molecule has 10 heteroatoms. The van der Waals surface area contributed by atoms with Crippen LogP contribution in [0.5, 0.6) is 0 Å². The normalized spacial score (nSPS) is 15.1. The summed E-state index contributed by atoms with van der Waals surface area (Å²) in [4.78, 5) is 13.1. The molecule has 1 aromatic carbocycles. The van der Waals surface area contributed by atoms with Gasteiger partial charge in [0.25, 0.3) is 0 Å². The van der Waals surface area contributed by atoms with Crippen molar-refractivity contribution >= 4 is 32.5 Å². The van der Waals surface area contributed by atoms with Gasteiger partial charge < -0.3 is 15.6 Å². The first-order chi connectivity index (χ1) is 14.3. The molecule has 0 bridgehead atoms. The fourth-order valence-electron chi connectivity index (χ4n) is 3.61. The van der Waals surface area contributed by atoms with Crippen molar-refractivity contribution in [3.8, 4) is 6.07 Å². The van der Waals surface area contributed by atoms with Crippen LogP contribution >= 0.6 is 0 Å². The van der Waals surface area contributed by atoms with Crippen LogP contribution in [0.1, 0.15) is 43.6 Å². The maximum atomic E-state index is 12.4. The Balaban J connectivity index is 1.86. The highest BCUT2D eigenvalue weighted by molar-refractivity contribution is 7.91. The predicted molar refractivity (Wildman–Crippen MR) is 113 cm³/mol. The van der Waals surface area contributed by atoms with Crippen molar-refractivity contribution in [1.29, 1.82) is 5.26 Å². The zero-order chi connectivity index (χ0) is 21.5. The van der Waals surface area contributed by atoms with Crippen LogP contribution in [-0.4, -0.2) is 34.2 Å². The number of nitrogens with one attached hydrogen (secondary N) is 1. The van der Waals surface area contributed by atoms with E-state index in [2.05, 4.69) is 15.3 Å². The summed E-state index contributed by atoms with van der Waals surface area (Å²) in [6.07, 6.45) is 5.41. The fraction of sp³-hybridized carbons (Fsp3) is 0.400. The van der Waals surface area contributed by atoms with Crippen LogP contribution in [0.2, 0.25) is 0 Å². The molecule has 1 atom stereocenters. The first-order valence-corrected chi connectivity index (χ1v) is 11.7. The summed E-state index contributed by atoms with van der Waals surface area (Å²) in [5, 5.41) is 12.7. The van der Waals surface area contributed by atoms with Gasteiger partial charge >= 0.3 is 0 Å². The highest BCUT2D eigenvalue weighted by Crippen LogP contribution is 2.36. The van der Waals surface area contributed by atoms with Crippen molar-refractivity contribution in [2.75, 3.05) is 17.3 Å². The Kier molecular flexibility index (Phi) is 5.07. The second kappa shape index (κ2) is 7.57. The Morgan fingerprint density at radius 1 is 1.37 bits per heavy atom. The minimum Gasteiger partial charge on any atom is -0.382 e. The van der Waals surface area contributed by atoms with E-state index in [9.17, 15) is 13.7 Å². The Labute approximate surface area is 174 Å². The van der Waals surface area contributed by atoms with Gasteiger partial charge in [0.15, 0.2) is 9.84 Å². The average molecular weight is 426 g/mol. The molecule has 0 aliphatic heterocycles. The number of sulfone groups is 1. The van der Waals surface area contributed by atoms with E-state index < -0.39 is 9.84 Å². The molecule has 1 fully saturated rings. The molecule has 1 saturated carbocycles. The summed E-state index contributed by atoms with van der Waals surface area (Å²) in [5.41, 5.74) is 7.26. The van der Waals surface area contributed by atoms with E-state index in [-0.39, 0.29) is 22.3 Å². The number of aromatic nitrogens is 4. The van der Waals surface area contributed by atoms with Gasteiger partial charge in [-0.05, 0) is 37.3 Å². The van der Waals surface area contributed by atoms with Gasteiger partial charge in [-0.2, -0.15) is 5.26 Å². The Bertz CT molecular complexity index is 1260. The lowest BCUT2D eigenvalue weighted by molar-refractivity contribution is 0.567. The van der Waals surface area contributed by atoms with E-state index in [0.717, 1.165) is 18.7 Å². The number of rotatable bonds is 7. The maximum absolute atomic E-state index is 12.4. The first-order valence-electron chi connectivity index (χ1n) is 9.79. The SMILES string of the molecule is CCC(Nc1ncnc(N)c1C#N)c1nc2cccc(S(C)(=O)=O)c2n1CC1CC1. The number of nitrogen functional groups attached to an aromatic ring is 1. The van der Waals surface area contributed by atoms with E-state index in [1.807, 2.05) is 23.6 Å². The number of nitrogens with zero attached hydrogens (tertiary/aromatic N) is 5. The molecule has 0 spiro atoms. The molecule has 1 unspecified atom stereocenters. The zero-order valence-corrected chi connectivity index (χ0v) is 17.6. The third kappa shape index (κ3) is 3.68. The molecule has 3 aromatic rings. The summed E-state index contributed by atoms with van der Waals surface area (Å²) in [6, 6.07) is 6.91. The summed E-state index contributed by atoms with van der Waals surface area (Å²) < 4.78 is 26.9. The Morgan fingerprint density at radius 2 is 2.13 bits per heavy atom. The van der Waals surface area contributed by atoms with Gasteiger partial charge in [-0.3, -0.25) is 0 Å². The zero-order valence-electron chi connectivity index (χ0n) is 16.8. The molecule has 30 heavy (non-hydrogen) atoms. The van der Waals surface area contributed by atoms with Crippen molar-refractivity contribution in [2.45, 2.75) is 43.7 Å². The smallest absolute Gasteiger partial charge is 0.177 e. The van der Waals surface area contributed by atoms with Crippen LogP contribution in [0.3, 0.4) is 0 Å². The van der Waals surface area contributed by atoms with Crippen LogP contribution in [0, 0.1) is 17.2 Å². The van der Waals surface area contributed by atoms with Crippen LogP contribution in [0.25, 0.3) is 11.0 Å². The lowest BCUT2D eigenvalue weighted by Crippen LogP contribution is -2.19. The molecule has 2 aromatic heterocycles. The van der Waals surface area contributed by atoms with Gasteiger partial charge in [0.2, 0.25) is 0 Å². The number of nitriles is 1. The fourth-order valence-corrected chi connectivity index (χ4v) is 4.50. The standard InChI is InChI=1S/C20H23N7O2S/c1-3-14(25-19-13(9-21)18(22)23-11-24-19)20-26-15-5-4-6-16(30(2,28)29)17(15)27(20)10-12-7-8-12/h4-6,11-12,14H,3,7-8,10H2,1-2H3,(H3,22,23,24,25). The summed E-state index contributed by atoms with van der Waals surface area (Å²) in [6.45, 7) is 2.69. The topological polar surface area (TPSA) is 140 Å². The van der Waals surface area contributed by atoms with Crippen molar-refractivity contribution in [2.24, 2.45) is 5.92 Å². The molecule has 2 heterocycles. The summed E-state index contributed by atoms with van der Waals surface area (Å²) in [5.74, 6) is 1.67. The molecule has 0 amide bonds. The van der Waals surface area contributed by atoms with Crippen LogP contribution in [-0.2, 0) is 16.4 Å². The number of nitrogens with two attached hydrogens (primary N) is 1. The van der Waals surface area contributed by atoms with Gasteiger partial charge in [0.1, 0.15) is 35.4 Å². The highest BCUT2D eigenvalue weighted by atomic mass is 32.2. The molecule has 0 saturated heterocycles. The quantitative estimate of drug-likeness (QED) is 0.589. The third-order valence-electron chi connectivity index (χ3n) is 5.32. The van der Waals surface area contributed by atoms with Gasteiger partial charge in [0, 0.05) is 12.8 Å². The van der Waals surface area contributed by atoms with Crippen LogP contribution < -0.4 is 11.1 Å². The summed E-state index contributed by atoms with van der Waals surface area (Å²) in [7, 11) is -3.42. The largest absolute Gasteiger partial charge is 0.382 e. The highest BCUT2D eigenvalue weighted by Gasteiger charge is 2.29. The van der Waals surface area contributed by atoms with Crippen LogP contribution in [0.4, 0.5) is 11.6 Å². The summed E-state index contributed by atoms with van der Waals surface area (Å²) >= 11 is 0. The van der Waals surface area contributed by atoms with E-state index >= 15 is 0 Å². The third-order valence-corrected chi connectivity index (χ3v) is 6.44. The van der Waals surface area contributed by atoms with E-state index in [0.29, 0.717) is 35.7 Å². The molecule has 1 aliphatic carbocycles. The number of hydrogen-bond acceptors (Lipinski definition) is 8. The van der Waals surface area contributed by atoms with Gasteiger partial charge in [-0.25, -0.2) is 23.4 Å². The van der Waals surface area contributed by atoms with Crippen molar-refractivity contribution in [3.63, 3.8) is 0 Å². The van der Waals surface area contributed by atoms with Crippen molar-refractivity contribution in [1.82, 2.24) is 19.5 Å². The van der Waals surface area contributed by atoms with Gasteiger partial charge in [0.05, 0.1) is 22.0 Å². The van der Waals surface area contributed by atoms with Crippen molar-refractivity contribution < 1.29 is 8.42 Å². The number of hydrogen-bond donors (Lipinski definition) is 2. The van der Waals surface area contributed by atoms with E-state index in [1.165, 1.54) is 12.6 Å². The van der Waals surface area contributed by atoms with Crippen LogP contribution in [0.15, 0.2) is 29.4 Å². The molecule has 4 rings (SSSR count). The molecular formula is C20H23N7O2S. The van der Waals surface area contributed by atoms with Gasteiger partial charge in [-0.1, -0.05) is 13.0 Å². The second-order valence-electron chi connectivity index (χ2n) is 7.62. The maximum Gasteiger partial charge on any atom is 0.177 e. The average Bonchev–Trinajstić information content (AvgIpc) is 3.45. The van der Waals surface area contributed by atoms with E-state index in [4.69, 9.17) is 10.7 Å². The monoisotopic (exact) mass is 425 g/mol. The number of para-hydroxylation sites is 1. The van der Waals surface area contributed by atoms with E-state index in [1.54, 1.807) is 12.1 Å². The first kappa shape index (κ1) is 20.1. The van der Waals surface area contributed by atoms with Crippen molar-refractivity contribution in [3.05, 3.63) is 35.9 Å². The molecule has 1 aliphatic rings. The minimum atomic E-state index is -3.42. The lowest BCUT2D eigenvalue weighted by atomic mass is 10.2. The Morgan fingerprint density at radius 3 is 2.77 bits per heavy atom. The lowest BCUT2D eigenvalue weighted by Gasteiger charge is -2.20. The number of fused-ring (bicyclic) bond motifs is 1. The second-order valence-corrected chi connectivity index (χ2v) is 9.60. The number of benzene rings is 1. The molecule has 156 valence electrons.